The molecule has 0 aromatic rings. The highest BCUT2D eigenvalue weighted by Crippen LogP contribution is 2.27. The molecule has 4 nitrogen and oxygen atoms in total. The number of carbonyl (C=O) groups excluding carboxylic acids is 1. The first-order valence-corrected chi connectivity index (χ1v) is 6.56. The minimum Gasteiger partial charge on any atom is -0.396 e. The number of rotatable bonds is 4. The third-order valence-corrected chi connectivity index (χ3v) is 4.24. The van der Waals surface area contributed by atoms with Crippen LogP contribution in [-0.4, -0.2) is 40.6 Å². The van der Waals surface area contributed by atoms with Crippen LogP contribution in [0.2, 0.25) is 0 Å². The number of nitrogens with zero attached hydrogens (tertiary/aromatic N) is 1. The number of aliphatic hydroxyl groups is 1. The lowest BCUT2D eigenvalue weighted by Crippen LogP contribution is -2.51. The average molecular weight is 258 g/mol. The molecule has 0 aromatic carbocycles. The molecule has 1 aliphatic heterocycles. The number of nitrogens with two attached hydrogens (primary N) is 1. The Balaban J connectivity index is 2.78. The summed E-state index contributed by atoms with van der Waals surface area (Å²) >= 11 is 5.01. The van der Waals surface area contributed by atoms with Crippen molar-refractivity contribution in [2.45, 2.75) is 33.1 Å². The first-order chi connectivity index (χ1) is 7.95. The van der Waals surface area contributed by atoms with Crippen LogP contribution in [0, 0.1) is 11.3 Å². The van der Waals surface area contributed by atoms with Crippen molar-refractivity contribution in [3.8, 4) is 0 Å². The highest BCUT2D eigenvalue weighted by Gasteiger charge is 2.39. The van der Waals surface area contributed by atoms with E-state index >= 15 is 0 Å². The van der Waals surface area contributed by atoms with Gasteiger partial charge in [0.1, 0.15) is 0 Å². The van der Waals surface area contributed by atoms with Gasteiger partial charge in [0.25, 0.3) is 0 Å². The van der Waals surface area contributed by atoms with Crippen LogP contribution in [-0.2, 0) is 4.79 Å². The van der Waals surface area contributed by atoms with Gasteiger partial charge in [0.2, 0.25) is 5.91 Å². The maximum absolute atomic E-state index is 12.4. The van der Waals surface area contributed by atoms with Crippen LogP contribution in [0.25, 0.3) is 0 Å². The fraction of sp³-hybridized carbons (Fsp3) is 0.833. The molecule has 1 heterocycles. The molecular weight excluding hydrogens is 236 g/mol. The highest BCUT2D eigenvalue weighted by atomic mass is 32.1. The average Bonchev–Trinajstić information content (AvgIpc) is 2.36. The van der Waals surface area contributed by atoms with Gasteiger partial charge in [0, 0.05) is 19.7 Å². The molecule has 0 aliphatic carbocycles. The first-order valence-electron chi connectivity index (χ1n) is 6.15. The molecule has 1 rings (SSSR count). The van der Waals surface area contributed by atoms with Crippen molar-refractivity contribution in [3.05, 3.63) is 0 Å². The van der Waals surface area contributed by atoms with Crippen molar-refractivity contribution in [1.29, 1.82) is 0 Å². The Kier molecular flexibility index (Phi) is 4.89. The molecule has 1 aliphatic rings. The smallest absolute Gasteiger partial charge is 0.235 e. The van der Waals surface area contributed by atoms with Gasteiger partial charge in [0.15, 0.2) is 0 Å². The summed E-state index contributed by atoms with van der Waals surface area (Å²) in [4.78, 5) is 14.5. The molecule has 1 amide bonds. The molecule has 2 atom stereocenters. The highest BCUT2D eigenvalue weighted by molar-refractivity contribution is 7.80. The molecule has 1 fully saturated rings. The summed E-state index contributed by atoms with van der Waals surface area (Å²) in [5.41, 5.74) is 4.95. The van der Waals surface area contributed by atoms with Gasteiger partial charge in [-0.2, -0.15) is 0 Å². The third-order valence-electron chi connectivity index (χ3n) is 3.79. The van der Waals surface area contributed by atoms with Crippen molar-refractivity contribution in [2.24, 2.45) is 17.1 Å². The molecule has 1 saturated heterocycles. The van der Waals surface area contributed by atoms with Gasteiger partial charge in [-0.15, -0.1) is 0 Å². The number of likely N-dealkylation sites (tertiary alicyclic amines) is 1. The van der Waals surface area contributed by atoms with Gasteiger partial charge in [-0.25, -0.2) is 0 Å². The molecule has 0 bridgehead atoms. The summed E-state index contributed by atoms with van der Waals surface area (Å²) in [5, 5.41) is 9.17. The summed E-state index contributed by atoms with van der Waals surface area (Å²) in [6.07, 6.45) is 2.53. The third kappa shape index (κ3) is 2.96. The second kappa shape index (κ2) is 5.78. The Labute approximate surface area is 108 Å². The van der Waals surface area contributed by atoms with E-state index < -0.39 is 5.41 Å². The minimum absolute atomic E-state index is 0.00523. The molecule has 0 saturated carbocycles. The number of aliphatic hydroxyl groups excluding tert-OH is 1. The van der Waals surface area contributed by atoms with Crippen LogP contribution in [0.15, 0.2) is 0 Å². The number of hydrogen-bond acceptors (Lipinski definition) is 3. The number of thiocarbonyl (C=S) groups is 1. The Morgan fingerprint density at radius 1 is 1.65 bits per heavy atom. The van der Waals surface area contributed by atoms with E-state index in [4.69, 9.17) is 18.0 Å². The van der Waals surface area contributed by atoms with Crippen molar-refractivity contribution in [2.75, 3.05) is 19.7 Å². The summed E-state index contributed by atoms with van der Waals surface area (Å²) in [6, 6.07) is 0. The maximum atomic E-state index is 12.4. The van der Waals surface area contributed by atoms with Crippen LogP contribution in [0.3, 0.4) is 0 Å². The van der Waals surface area contributed by atoms with E-state index in [0.29, 0.717) is 13.0 Å². The van der Waals surface area contributed by atoms with E-state index in [1.54, 1.807) is 11.8 Å². The van der Waals surface area contributed by atoms with E-state index in [1.807, 2.05) is 6.92 Å². The van der Waals surface area contributed by atoms with Gasteiger partial charge in [-0.1, -0.05) is 19.1 Å². The molecule has 0 aromatic heterocycles. The summed E-state index contributed by atoms with van der Waals surface area (Å²) in [6.45, 7) is 5.23. The lowest BCUT2D eigenvalue weighted by Gasteiger charge is -2.37. The minimum atomic E-state index is -0.743. The topological polar surface area (TPSA) is 66.6 Å². The van der Waals surface area contributed by atoms with Gasteiger partial charge < -0.3 is 15.7 Å². The van der Waals surface area contributed by atoms with Crippen molar-refractivity contribution >= 4 is 23.1 Å². The van der Waals surface area contributed by atoms with E-state index in [0.717, 1.165) is 19.4 Å². The van der Waals surface area contributed by atoms with Gasteiger partial charge in [-0.05, 0) is 32.1 Å². The van der Waals surface area contributed by atoms with Crippen LogP contribution in [0.5, 0.6) is 0 Å². The first kappa shape index (κ1) is 14.4. The van der Waals surface area contributed by atoms with Gasteiger partial charge >= 0.3 is 0 Å². The van der Waals surface area contributed by atoms with Crippen LogP contribution in [0.4, 0.5) is 0 Å². The zero-order valence-corrected chi connectivity index (χ0v) is 11.4. The standard InChI is InChI=1S/C12H22N2O2S/c1-3-12(2,10(13)17)11(16)14-6-4-5-9(7-14)8-15/h9,15H,3-8H2,1-2H3,(H2,13,17). The second-order valence-corrected chi connectivity index (χ2v) is 5.43. The SMILES string of the molecule is CCC(C)(C(=O)N1CCCC(CO)C1)C(N)=S. The van der Waals surface area contributed by atoms with Gasteiger partial charge in [0.05, 0.1) is 10.4 Å². The fourth-order valence-electron chi connectivity index (χ4n) is 2.18. The molecule has 0 spiro atoms. The Bertz CT molecular complexity index is 309. The van der Waals surface area contributed by atoms with E-state index in [1.165, 1.54) is 0 Å². The van der Waals surface area contributed by atoms with E-state index in [-0.39, 0.29) is 23.4 Å². The molecule has 98 valence electrons. The van der Waals surface area contributed by atoms with Crippen molar-refractivity contribution in [1.82, 2.24) is 4.90 Å². The quantitative estimate of drug-likeness (QED) is 0.736. The summed E-state index contributed by atoms with van der Waals surface area (Å²) in [7, 11) is 0. The second-order valence-electron chi connectivity index (χ2n) is 4.99. The number of hydrogen-bond donors (Lipinski definition) is 2. The fourth-order valence-corrected chi connectivity index (χ4v) is 2.41. The van der Waals surface area contributed by atoms with Crippen LogP contribution < -0.4 is 5.73 Å². The van der Waals surface area contributed by atoms with E-state index in [2.05, 4.69) is 0 Å². The largest absolute Gasteiger partial charge is 0.396 e. The number of piperidine rings is 1. The number of amides is 1. The summed E-state index contributed by atoms with van der Waals surface area (Å²) in [5.74, 6) is 0.200. The van der Waals surface area contributed by atoms with E-state index in [9.17, 15) is 9.90 Å². The van der Waals surface area contributed by atoms with Crippen LogP contribution in [0.1, 0.15) is 33.1 Å². The predicted octanol–water partition coefficient (Wildman–Crippen LogP) is 0.920. The lowest BCUT2D eigenvalue weighted by molar-refractivity contribution is -0.139. The Hall–Kier alpha value is -0.680. The predicted molar refractivity (Wildman–Crippen MR) is 71.6 cm³/mol. The normalized spacial score (nSPS) is 24.2. The molecule has 17 heavy (non-hydrogen) atoms. The molecule has 3 N–H and O–H groups in total. The van der Waals surface area contributed by atoms with Gasteiger partial charge in [-0.3, -0.25) is 4.79 Å². The Morgan fingerprint density at radius 2 is 2.29 bits per heavy atom. The lowest BCUT2D eigenvalue weighted by atomic mass is 9.84. The number of carbonyl (C=O) groups is 1. The zero-order chi connectivity index (χ0) is 13.1. The molecule has 0 radical (unpaired) electrons. The molecule has 2 unspecified atom stereocenters. The monoisotopic (exact) mass is 258 g/mol. The Morgan fingerprint density at radius 3 is 2.76 bits per heavy atom. The zero-order valence-electron chi connectivity index (χ0n) is 10.6. The van der Waals surface area contributed by atoms with Crippen molar-refractivity contribution < 1.29 is 9.90 Å². The maximum Gasteiger partial charge on any atom is 0.235 e. The molecular formula is C12H22N2O2S. The van der Waals surface area contributed by atoms with Crippen molar-refractivity contribution in [3.63, 3.8) is 0 Å². The molecule has 5 heteroatoms. The van der Waals surface area contributed by atoms with Crippen LogP contribution >= 0.6 is 12.2 Å². The summed E-state index contributed by atoms with van der Waals surface area (Å²) < 4.78 is 0.